The van der Waals surface area contributed by atoms with Crippen molar-refractivity contribution in [3.8, 4) is 0 Å². The minimum Gasteiger partial charge on any atom is -0.260 e. The van der Waals surface area contributed by atoms with Gasteiger partial charge in [-0.3, -0.25) is 4.21 Å². The van der Waals surface area contributed by atoms with E-state index in [0.29, 0.717) is 0 Å². The Labute approximate surface area is 121 Å². The molecule has 0 spiro atoms. The zero-order valence-electron chi connectivity index (χ0n) is 12.4. The molecule has 0 bridgehead atoms. The molecule has 0 radical (unpaired) electrons. The highest BCUT2D eigenvalue weighted by Crippen LogP contribution is 2.10. The third kappa shape index (κ3) is 14.6. The van der Waals surface area contributed by atoms with E-state index in [-0.39, 0.29) is 0 Å². The fourth-order valence-electron chi connectivity index (χ4n) is 2.03. The van der Waals surface area contributed by atoms with Crippen LogP contribution in [0.5, 0.6) is 0 Å². The number of thioether (sulfide) groups is 1. The Balaban J connectivity index is 3.04. The first-order valence-electron chi connectivity index (χ1n) is 7.65. The summed E-state index contributed by atoms with van der Waals surface area (Å²) in [6.07, 6.45) is 15.7. The first-order chi connectivity index (χ1) is 8.81. The first kappa shape index (κ1) is 18.5. The molecule has 0 saturated carbocycles. The van der Waals surface area contributed by atoms with E-state index < -0.39 is 10.8 Å². The van der Waals surface area contributed by atoms with E-state index >= 15 is 0 Å². The van der Waals surface area contributed by atoms with Crippen LogP contribution in [0.1, 0.15) is 71.1 Å². The Bertz CT molecular complexity index is 183. The summed E-state index contributed by atoms with van der Waals surface area (Å²) in [6, 6.07) is 0. The van der Waals surface area contributed by atoms with Gasteiger partial charge in [-0.1, -0.05) is 64.7 Å². The van der Waals surface area contributed by atoms with Crippen LogP contribution < -0.4 is 0 Å². The van der Waals surface area contributed by atoms with Crippen molar-refractivity contribution in [1.82, 2.24) is 0 Å². The molecular formula is C15H32OS2. The van der Waals surface area contributed by atoms with Crippen LogP contribution in [-0.2, 0) is 10.8 Å². The first-order valence-corrected chi connectivity index (χ1v) is 10.5. The summed E-state index contributed by atoms with van der Waals surface area (Å²) in [5.74, 6) is 2.86. The van der Waals surface area contributed by atoms with E-state index in [1.807, 2.05) is 0 Å². The van der Waals surface area contributed by atoms with E-state index in [2.05, 4.69) is 13.2 Å². The SMILES string of the molecule is CCCCCCCCCCCCS(=O)CCSC. The van der Waals surface area contributed by atoms with Crippen LogP contribution in [0.2, 0.25) is 0 Å². The van der Waals surface area contributed by atoms with Gasteiger partial charge in [0.1, 0.15) is 0 Å². The Morgan fingerprint density at radius 2 is 1.28 bits per heavy atom. The Kier molecular flexibility index (Phi) is 16.0. The molecule has 0 N–H and O–H groups in total. The second-order valence-electron chi connectivity index (χ2n) is 5.02. The highest BCUT2D eigenvalue weighted by atomic mass is 32.2. The molecule has 1 unspecified atom stereocenters. The van der Waals surface area contributed by atoms with Gasteiger partial charge in [0, 0.05) is 28.1 Å². The van der Waals surface area contributed by atoms with Crippen LogP contribution in [0.4, 0.5) is 0 Å². The standard InChI is InChI=1S/C15H32OS2/c1-3-4-5-6-7-8-9-10-11-12-14-18(16)15-13-17-2/h3-15H2,1-2H3. The average Bonchev–Trinajstić information content (AvgIpc) is 2.38. The molecule has 0 aliphatic carbocycles. The van der Waals surface area contributed by atoms with Crippen LogP contribution >= 0.6 is 11.8 Å². The zero-order chi connectivity index (χ0) is 13.5. The fourth-order valence-corrected chi connectivity index (χ4v) is 4.17. The second-order valence-corrected chi connectivity index (χ2v) is 7.70. The van der Waals surface area contributed by atoms with Gasteiger partial charge in [0.2, 0.25) is 0 Å². The number of unbranched alkanes of at least 4 members (excludes halogenated alkanes) is 9. The van der Waals surface area contributed by atoms with Gasteiger partial charge in [-0.05, 0) is 12.7 Å². The maximum absolute atomic E-state index is 11.5. The summed E-state index contributed by atoms with van der Waals surface area (Å²) in [5.41, 5.74) is 0. The molecule has 0 aromatic carbocycles. The molecule has 0 fully saturated rings. The highest BCUT2D eigenvalue weighted by molar-refractivity contribution is 7.99. The fraction of sp³-hybridized carbons (Fsp3) is 1.00. The van der Waals surface area contributed by atoms with Crippen molar-refractivity contribution in [1.29, 1.82) is 0 Å². The van der Waals surface area contributed by atoms with Gasteiger partial charge in [0.15, 0.2) is 0 Å². The van der Waals surface area contributed by atoms with Gasteiger partial charge in [0.25, 0.3) is 0 Å². The molecule has 0 amide bonds. The minimum atomic E-state index is -0.553. The van der Waals surface area contributed by atoms with Crippen molar-refractivity contribution in [3.63, 3.8) is 0 Å². The molecular weight excluding hydrogens is 260 g/mol. The Hall–Kier alpha value is 0.500. The molecule has 110 valence electrons. The van der Waals surface area contributed by atoms with E-state index in [1.165, 1.54) is 57.8 Å². The molecule has 0 heterocycles. The van der Waals surface area contributed by atoms with Crippen LogP contribution in [-0.4, -0.2) is 27.7 Å². The maximum Gasteiger partial charge on any atom is 0.0325 e. The lowest BCUT2D eigenvalue weighted by Gasteiger charge is -2.03. The molecule has 0 aliphatic rings. The number of hydrogen-bond acceptors (Lipinski definition) is 2. The summed E-state index contributed by atoms with van der Waals surface area (Å²) >= 11 is 1.80. The van der Waals surface area contributed by atoms with Crippen molar-refractivity contribution in [2.24, 2.45) is 0 Å². The predicted molar refractivity (Wildman–Crippen MR) is 88.1 cm³/mol. The van der Waals surface area contributed by atoms with Crippen molar-refractivity contribution >= 4 is 22.6 Å². The molecule has 0 aromatic heterocycles. The third-order valence-corrected chi connectivity index (χ3v) is 5.51. The molecule has 0 aliphatic heterocycles. The van der Waals surface area contributed by atoms with Crippen LogP contribution in [0.15, 0.2) is 0 Å². The van der Waals surface area contributed by atoms with Gasteiger partial charge < -0.3 is 0 Å². The van der Waals surface area contributed by atoms with Crippen molar-refractivity contribution < 1.29 is 4.21 Å². The summed E-state index contributed by atoms with van der Waals surface area (Å²) < 4.78 is 11.5. The predicted octanol–water partition coefficient (Wildman–Crippen LogP) is 5.02. The Morgan fingerprint density at radius 1 is 0.778 bits per heavy atom. The maximum atomic E-state index is 11.5. The van der Waals surface area contributed by atoms with E-state index in [4.69, 9.17) is 0 Å². The summed E-state index contributed by atoms with van der Waals surface area (Å²) in [6.45, 7) is 2.27. The van der Waals surface area contributed by atoms with Crippen molar-refractivity contribution in [2.75, 3.05) is 23.5 Å². The second kappa shape index (κ2) is 15.6. The average molecular weight is 293 g/mol. The smallest absolute Gasteiger partial charge is 0.0325 e. The zero-order valence-corrected chi connectivity index (χ0v) is 14.1. The van der Waals surface area contributed by atoms with Crippen molar-refractivity contribution in [2.45, 2.75) is 71.1 Å². The van der Waals surface area contributed by atoms with E-state index in [0.717, 1.165) is 23.7 Å². The topological polar surface area (TPSA) is 17.1 Å². The van der Waals surface area contributed by atoms with Crippen LogP contribution in [0, 0.1) is 0 Å². The summed E-state index contributed by atoms with van der Waals surface area (Å²) in [4.78, 5) is 0. The van der Waals surface area contributed by atoms with Gasteiger partial charge in [-0.2, -0.15) is 11.8 Å². The normalized spacial score (nSPS) is 12.8. The monoisotopic (exact) mass is 292 g/mol. The molecule has 3 heteroatoms. The highest BCUT2D eigenvalue weighted by Gasteiger charge is 1.99. The van der Waals surface area contributed by atoms with Crippen LogP contribution in [0.25, 0.3) is 0 Å². The third-order valence-electron chi connectivity index (χ3n) is 3.24. The molecule has 1 atom stereocenters. The van der Waals surface area contributed by atoms with E-state index in [9.17, 15) is 4.21 Å². The molecule has 0 saturated heterocycles. The van der Waals surface area contributed by atoms with Gasteiger partial charge in [-0.15, -0.1) is 0 Å². The molecule has 0 rings (SSSR count). The molecule has 1 nitrogen and oxygen atoms in total. The molecule has 0 aromatic rings. The van der Waals surface area contributed by atoms with Gasteiger partial charge in [-0.25, -0.2) is 0 Å². The van der Waals surface area contributed by atoms with Gasteiger partial charge in [0.05, 0.1) is 0 Å². The quantitative estimate of drug-likeness (QED) is 0.418. The lowest BCUT2D eigenvalue weighted by Crippen LogP contribution is -2.04. The van der Waals surface area contributed by atoms with Crippen molar-refractivity contribution in [3.05, 3.63) is 0 Å². The Morgan fingerprint density at radius 3 is 1.78 bits per heavy atom. The lowest BCUT2D eigenvalue weighted by atomic mass is 10.1. The summed E-state index contributed by atoms with van der Waals surface area (Å²) in [7, 11) is -0.553. The minimum absolute atomic E-state index is 0.553. The van der Waals surface area contributed by atoms with Gasteiger partial charge >= 0.3 is 0 Å². The summed E-state index contributed by atoms with van der Waals surface area (Å²) in [5, 5.41) is 0. The number of rotatable bonds is 14. The largest absolute Gasteiger partial charge is 0.260 e. The van der Waals surface area contributed by atoms with E-state index in [1.54, 1.807) is 11.8 Å². The lowest BCUT2D eigenvalue weighted by molar-refractivity contribution is 0.562. The number of hydrogen-bond donors (Lipinski definition) is 0. The van der Waals surface area contributed by atoms with Crippen LogP contribution in [0.3, 0.4) is 0 Å². The molecule has 18 heavy (non-hydrogen) atoms.